The fourth-order valence-corrected chi connectivity index (χ4v) is 1.30. The monoisotopic (exact) mass is 196 g/mol. The fraction of sp³-hybridized carbons (Fsp3) is 0.500. The van der Waals surface area contributed by atoms with Crippen molar-refractivity contribution in [1.82, 2.24) is 4.57 Å². The average Bonchev–Trinajstić information content (AvgIpc) is 2.50. The summed E-state index contributed by atoms with van der Waals surface area (Å²) in [6.45, 7) is 4.04. The third kappa shape index (κ3) is 2.60. The zero-order chi connectivity index (χ0) is 10.7. The molecular weight excluding hydrogens is 180 g/mol. The maximum absolute atomic E-state index is 10.6. The van der Waals surface area contributed by atoms with Crippen molar-refractivity contribution in [3.63, 3.8) is 0 Å². The van der Waals surface area contributed by atoms with E-state index in [0.717, 1.165) is 5.56 Å². The van der Waals surface area contributed by atoms with Crippen LogP contribution in [-0.4, -0.2) is 15.6 Å². The molecule has 3 N–H and O–H groups in total. The number of aliphatic hydroxyl groups excluding tert-OH is 1. The molecule has 0 saturated heterocycles. The van der Waals surface area contributed by atoms with Crippen LogP contribution in [0.3, 0.4) is 0 Å². The lowest BCUT2D eigenvalue weighted by Gasteiger charge is -2.12. The molecule has 0 aliphatic heterocycles. The molecule has 0 aliphatic rings. The number of nitrogens with two attached hydrogens (primary N) is 1. The van der Waals surface area contributed by atoms with E-state index in [1.165, 1.54) is 0 Å². The zero-order valence-corrected chi connectivity index (χ0v) is 8.47. The van der Waals surface area contributed by atoms with Gasteiger partial charge in [0.05, 0.1) is 6.10 Å². The molecule has 0 saturated carbocycles. The Balaban J connectivity index is 2.72. The first kappa shape index (κ1) is 10.8. The molecule has 1 rings (SSSR count). The van der Waals surface area contributed by atoms with E-state index in [0.29, 0.717) is 0 Å². The van der Waals surface area contributed by atoms with E-state index in [-0.39, 0.29) is 18.4 Å². The van der Waals surface area contributed by atoms with Crippen LogP contribution in [0.4, 0.5) is 0 Å². The van der Waals surface area contributed by atoms with Crippen LogP contribution < -0.4 is 5.73 Å². The third-order valence-corrected chi connectivity index (χ3v) is 2.08. The number of primary amides is 1. The average molecular weight is 196 g/mol. The van der Waals surface area contributed by atoms with Gasteiger partial charge in [-0.2, -0.15) is 0 Å². The second kappa shape index (κ2) is 4.28. The molecule has 4 nitrogen and oxygen atoms in total. The van der Waals surface area contributed by atoms with Crippen molar-refractivity contribution in [3.8, 4) is 0 Å². The number of aromatic nitrogens is 1. The van der Waals surface area contributed by atoms with E-state index in [2.05, 4.69) is 0 Å². The molecule has 4 heteroatoms. The smallest absolute Gasteiger partial charge is 0.237 e. The molecule has 0 radical (unpaired) electrons. The number of aliphatic hydroxyl groups is 1. The van der Waals surface area contributed by atoms with E-state index < -0.39 is 6.10 Å². The van der Waals surface area contributed by atoms with E-state index in [1.807, 2.05) is 13.8 Å². The van der Waals surface area contributed by atoms with Crippen molar-refractivity contribution < 1.29 is 9.90 Å². The first-order valence-electron chi connectivity index (χ1n) is 4.62. The predicted octanol–water partition coefficient (Wildman–Crippen LogP) is 0.663. The highest BCUT2D eigenvalue weighted by molar-refractivity contribution is 5.73. The Hall–Kier alpha value is -1.29. The fourth-order valence-electron chi connectivity index (χ4n) is 1.30. The molecule has 0 bridgehead atoms. The largest absolute Gasteiger partial charge is 0.388 e. The molecule has 0 fully saturated rings. The minimum absolute atomic E-state index is 0.158. The van der Waals surface area contributed by atoms with Gasteiger partial charge in [-0.25, -0.2) is 0 Å². The summed E-state index contributed by atoms with van der Waals surface area (Å²) in [4.78, 5) is 10.6. The van der Waals surface area contributed by atoms with Gasteiger partial charge in [0.25, 0.3) is 0 Å². The van der Waals surface area contributed by atoms with E-state index in [1.54, 1.807) is 23.0 Å². The topological polar surface area (TPSA) is 68.2 Å². The number of rotatable bonds is 4. The highest BCUT2D eigenvalue weighted by Crippen LogP contribution is 2.21. The van der Waals surface area contributed by atoms with E-state index >= 15 is 0 Å². The van der Waals surface area contributed by atoms with Gasteiger partial charge in [-0.1, -0.05) is 13.8 Å². The van der Waals surface area contributed by atoms with Gasteiger partial charge < -0.3 is 15.4 Å². The molecule has 1 heterocycles. The Morgan fingerprint density at radius 3 is 2.79 bits per heavy atom. The first-order valence-corrected chi connectivity index (χ1v) is 4.62. The third-order valence-electron chi connectivity index (χ3n) is 2.08. The highest BCUT2D eigenvalue weighted by Gasteiger charge is 2.13. The van der Waals surface area contributed by atoms with Crippen molar-refractivity contribution in [2.75, 3.05) is 0 Å². The van der Waals surface area contributed by atoms with Crippen LogP contribution >= 0.6 is 0 Å². The van der Waals surface area contributed by atoms with Gasteiger partial charge in [-0.3, -0.25) is 4.79 Å². The zero-order valence-electron chi connectivity index (χ0n) is 8.47. The van der Waals surface area contributed by atoms with E-state index in [9.17, 15) is 9.90 Å². The number of amides is 1. The van der Waals surface area contributed by atoms with Crippen LogP contribution in [0.5, 0.6) is 0 Å². The van der Waals surface area contributed by atoms with Gasteiger partial charge in [0.2, 0.25) is 5.91 Å². The van der Waals surface area contributed by atoms with Gasteiger partial charge in [0.1, 0.15) is 6.54 Å². The van der Waals surface area contributed by atoms with Crippen molar-refractivity contribution >= 4 is 5.91 Å². The van der Waals surface area contributed by atoms with Gasteiger partial charge in [-0.15, -0.1) is 0 Å². The Labute approximate surface area is 83.3 Å². The maximum atomic E-state index is 10.6. The van der Waals surface area contributed by atoms with Crippen LogP contribution in [0.1, 0.15) is 25.5 Å². The summed E-state index contributed by atoms with van der Waals surface area (Å²) in [5.41, 5.74) is 5.87. The molecule has 0 aromatic carbocycles. The second-order valence-corrected chi connectivity index (χ2v) is 3.77. The van der Waals surface area contributed by atoms with Crippen LogP contribution in [0, 0.1) is 5.92 Å². The van der Waals surface area contributed by atoms with Crippen LogP contribution in [-0.2, 0) is 11.3 Å². The first-order chi connectivity index (χ1) is 6.50. The summed E-state index contributed by atoms with van der Waals surface area (Å²) in [5, 5.41) is 9.72. The lowest BCUT2D eigenvalue weighted by atomic mass is 10.0. The lowest BCUT2D eigenvalue weighted by molar-refractivity contribution is -0.118. The predicted molar refractivity (Wildman–Crippen MR) is 53.4 cm³/mol. The SMILES string of the molecule is CC(C)C(O)c1ccn(CC(N)=O)c1. The van der Waals surface area contributed by atoms with Gasteiger partial charge in [0, 0.05) is 12.4 Å². The summed E-state index contributed by atoms with van der Waals surface area (Å²) in [7, 11) is 0. The quantitative estimate of drug-likeness (QED) is 0.743. The molecule has 0 aliphatic carbocycles. The highest BCUT2D eigenvalue weighted by atomic mass is 16.3. The van der Waals surface area contributed by atoms with Crippen molar-refractivity contribution in [2.45, 2.75) is 26.5 Å². The standard InChI is InChI=1S/C10H16N2O2/c1-7(2)10(14)8-3-4-12(5-8)6-9(11)13/h3-5,7,10,14H,6H2,1-2H3,(H2,11,13). The van der Waals surface area contributed by atoms with E-state index in [4.69, 9.17) is 5.73 Å². The Bertz CT molecular complexity index is 318. The van der Waals surface area contributed by atoms with Gasteiger partial charge in [-0.05, 0) is 17.5 Å². The molecule has 0 spiro atoms. The van der Waals surface area contributed by atoms with Crippen molar-refractivity contribution in [1.29, 1.82) is 0 Å². The number of carbonyl (C=O) groups is 1. The molecule has 1 aromatic rings. The molecule has 1 aromatic heterocycles. The number of carbonyl (C=O) groups excluding carboxylic acids is 1. The molecule has 14 heavy (non-hydrogen) atoms. The number of hydrogen-bond donors (Lipinski definition) is 2. The Morgan fingerprint density at radius 2 is 2.29 bits per heavy atom. The van der Waals surface area contributed by atoms with Crippen LogP contribution in [0.25, 0.3) is 0 Å². The van der Waals surface area contributed by atoms with Crippen molar-refractivity contribution in [3.05, 3.63) is 24.0 Å². The summed E-state index contributed by atoms with van der Waals surface area (Å²) in [6.07, 6.45) is 3.00. The molecular formula is C10H16N2O2. The number of hydrogen-bond acceptors (Lipinski definition) is 2. The van der Waals surface area contributed by atoms with Gasteiger partial charge >= 0.3 is 0 Å². The summed E-state index contributed by atoms with van der Waals surface area (Å²) in [5.74, 6) is -0.217. The van der Waals surface area contributed by atoms with Crippen molar-refractivity contribution in [2.24, 2.45) is 11.7 Å². The maximum Gasteiger partial charge on any atom is 0.237 e. The minimum atomic E-state index is -0.482. The second-order valence-electron chi connectivity index (χ2n) is 3.77. The normalized spacial score (nSPS) is 13.1. The molecule has 1 unspecified atom stereocenters. The molecule has 1 amide bonds. The number of nitrogens with zero attached hydrogens (tertiary/aromatic N) is 1. The Kier molecular flexibility index (Phi) is 3.30. The lowest BCUT2D eigenvalue weighted by Crippen LogP contribution is -2.17. The minimum Gasteiger partial charge on any atom is -0.388 e. The summed E-state index contributed by atoms with van der Waals surface area (Å²) < 4.78 is 1.67. The van der Waals surface area contributed by atoms with Crippen LogP contribution in [0.15, 0.2) is 18.5 Å². The molecule has 78 valence electrons. The summed E-state index contributed by atoms with van der Waals surface area (Å²) >= 11 is 0. The summed E-state index contributed by atoms with van der Waals surface area (Å²) in [6, 6.07) is 1.80. The Morgan fingerprint density at radius 1 is 1.64 bits per heavy atom. The van der Waals surface area contributed by atoms with Crippen LogP contribution in [0.2, 0.25) is 0 Å². The van der Waals surface area contributed by atoms with Gasteiger partial charge in [0.15, 0.2) is 0 Å². The molecule has 1 atom stereocenters.